The smallest absolute Gasteiger partial charge is 0.408 e. The van der Waals surface area contributed by atoms with Crippen LogP contribution < -0.4 is 11.1 Å². The van der Waals surface area contributed by atoms with Crippen LogP contribution in [0.3, 0.4) is 0 Å². The van der Waals surface area contributed by atoms with E-state index in [4.69, 9.17) is 4.42 Å². The third-order valence-corrected chi connectivity index (χ3v) is 3.45. The summed E-state index contributed by atoms with van der Waals surface area (Å²) in [6.07, 6.45) is -0.0942. The summed E-state index contributed by atoms with van der Waals surface area (Å²) >= 11 is 0. The Kier molecular flexibility index (Phi) is 3.69. The molecule has 7 heteroatoms. The summed E-state index contributed by atoms with van der Waals surface area (Å²) in [6, 6.07) is 8.15. The Hall–Kier alpha value is -2.96. The van der Waals surface area contributed by atoms with Crippen LogP contribution in [0.1, 0.15) is 5.56 Å². The maximum Gasteiger partial charge on any atom is 0.419 e. The molecule has 3 rings (SSSR count). The fourth-order valence-electron chi connectivity index (χ4n) is 2.27. The molecule has 0 aliphatic rings. The summed E-state index contributed by atoms with van der Waals surface area (Å²) in [4.78, 5) is 23.4. The lowest BCUT2D eigenvalue weighted by Gasteiger charge is -2.07. The lowest BCUT2D eigenvalue weighted by atomic mass is 10.1. The Morgan fingerprint density at radius 3 is 2.61 bits per heavy atom. The molecule has 0 fully saturated rings. The summed E-state index contributed by atoms with van der Waals surface area (Å²) in [5.41, 5.74) is 1.05. The number of aromatic nitrogens is 1. The second-order valence-electron chi connectivity index (χ2n) is 5.05. The normalized spacial score (nSPS) is 10.9. The maximum absolute atomic E-state index is 13.5. The van der Waals surface area contributed by atoms with Crippen molar-refractivity contribution in [2.24, 2.45) is 7.05 Å². The molecule has 1 N–H and O–H groups in total. The monoisotopic (exact) mass is 318 g/mol. The van der Waals surface area contributed by atoms with Gasteiger partial charge in [-0.2, -0.15) is 0 Å². The number of carbonyl (C=O) groups excluding carboxylic acids is 1. The van der Waals surface area contributed by atoms with E-state index < -0.39 is 29.0 Å². The topological polar surface area (TPSA) is 64.2 Å². The van der Waals surface area contributed by atoms with Crippen LogP contribution in [-0.4, -0.2) is 10.5 Å². The minimum Gasteiger partial charge on any atom is -0.408 e. The Bertz CT molecular complexity index is 939. The lowest BCUT2D eigenvalue weighted by molar-refractivity contribution is -0.115. The first-order chi connectivity index (χ1) is 11.0. The number of para-hydroxylation sites is 1. The van der Waals surface area contributed by atoms with Gasteiger partial charge >= 0.3 is 5.76 Å². The van der Waals surface area contributed by atoms with Gasteiger partial charge in [-0.25, -0.2) is 13.6 Å². The van der Waals surface area contributed by atoms with Gasteiger partial charge in [-0.15, -0.1) is 0 Å². The largest absolute Gasteiger partial charge is 0.419 e. The molecule has 0 unspecified atom stereocenters. The number of fused-ring (bicyclic) bond motifs is 1. The van der Waals surface area contributed by atoms with Gasteiger partial charge in [0, 0.05) is 7.05 Å². The highest BCUT2D eigenvalue weighted by Crippen LogP contribution is 2.19. The van der Waals surface area contributed by atoms with Gasteiger partial charge in [0.1, 0.15) is 17.3 Å². The molecule has 118 valence electrons. The SMILES string of the molecule is Cn1c(=O)oc2ccc(CC(=O)Nc3c(F)cccc3F)cc21. The molecular weight excluding hydrogens is 306 g/mol. The number of halogens is 2. The zero-order valence-electron chi connectivity index (χ0n) is 12.1. The van der Waals surface area contributed by atoms with Crippen molar-refractivity contribution in [1.82, 2.24) is 4.57 Å². The molecule has 0 saturated heterocycles. The summed E-state index contributed by atoms with van der Waals surface area (Å²) in [5.74, 6) is -2.76. The van der Waals surface area contributed by atoms with Crippen LogP contribution in [0.15, 0.2) is 45.6 Å². The van der Waals surface area contributed by atoms with Gasteiger partial charge in [0.25, 0.3) is 0 Å². The van der Waals surface area contributed by atoms with E-state index in [0.717, 1.165) is 12.1 Å². The number of aryl methyl sites for hydroxylation is 1. The molecule has 1 heterocycles. The first-order valence-corrected chi connectivity index (χ1v) is 6.78. The van der Waals surface area contributed by atoms with Crippen LogP contribution in [0.4, 0.5) is 14.5 Å². The summed E-state index contributed by atoms with van der Waals surface area (Å²) in [6.45, 7) is 0. The van der Waals surface area contributed by atoms with Gasteiger partial charge in [-0.1, -0.05) is 12.1 Å². The predicted octanol–water partition coefficient (Wildman–Crippen LogP) is 2.59. The number of hydrogen-bond donors (Lipinski definition) is 1. The van der Waals surface area contributed by atoms with Crippen LogP contribution in [0.25, 0.3) is 11.1 Å². The van der Waals surface area contributed by atoms with Crippen molar-refractivity contribution in [3.63, 3.8) is 0 Å². The molecule has 1 amide bonds. The van der Waals surface area contributed by atoms with Crippen molar-refractivity contribution in [3.8, 4) is 0 Å². The zero-order chi connectivity index (χ0) is 16.6. The summed E-state index contributed by atoms with van der Waals surface area (Å²) in [5, 5.41) is 2.21. The van der Waals surface area contributed by atoms with E-state index >= 15 is 0 Å². The van der Waals surface area contributed by atoms with Crippen molar-refractivity contribution in [2.75, 3.05) is 5.32 Å². The van der Waals surface area contributed by atoms with E-state index in [9.17, 15) is 18.4 Å². The number of nitrogens with one attached hydrogen (secondary N) is 1. The van der Waals surface area contributed by atoms with Gasteiger partial charge in [-0.05, 0) is 29.8 Å². The fourth-order valence-corrected chi connectivity index (χ4v) is 2.27. The van der Waals surface area contributed by atoms with Crippen molar-refractivity contribution in [1.29, 1.82) is 0 Å². The van der Waals surface area contributed by atoms with Crippen molar-refractivity contribution < 1.29 is 18.0 Å². The van der Waals surface area contributed by atoms with E-state index in [1.165, 1.54) is 10.6 Å². The molecule has 0 aliphatic carbocycles. The van der Waals surface area contributed by atoms with Gasteiger partial charge < -0.3 is 9.73 Å². The number of carbonyl (C=O) groups is 1. The Balaban J connectivity index is 1.83. The number of oxazole rings is 1. The second-order valence-corrected chi connectivity index (χ2v) is 5.05. The number of hydrogen-bond acceptors (Lipinski definition) is 3. The van der Waals surface area contributed by atoms with Crippen LogP contribution in [0.2, 0.25) is 0 Å². The molecule has 5 nitrogen and oxygen atoms in total. The van der Waals surface area contributed by atoms with Gasteiger partial charge in [-0.3, -0.25) is 9.36 Å². The predicted molar refractivity (Wildman–Crippen MR) is 80.1 cm³/mol. The van der Waals surface area contributed by atoms with E-state index in [0.29, 0.717) is 16.7 Å². The minimum absolute atomic E-state index is 0.0942. The van der Waals surface area contributed by atoms with Crippen LogP contribution in [-0.2, 0) is 18.3 Å². The van der Waals surface area contributed by atoms with E-state index in [1.54, 1.807) is 25.2 Å². The summed E-state index contributed by atoms with van der Waals surface area (Å²) < 4.78 is 33.3. The molecule has 0 saturated carbocycles. The number of amides is 1. The average molecular weight is 318 g/mol. The molecule has 0 atom stereocenters. The Morgan fingerprint density at radius 1 is 1.22 bits per heavy atom. The maximum atomic E-state index is 13.5. The first kappa shape index (κ1) is 15.0. The highest BCUT2D eigenvalue weighted by molar-refractivity contribution is 5.93. The molecular formula is C16H12F2N2O3. The average Bonchev–Trinajstić information content (AvgIpc) is 2.78. The van der Waals surface area contributed by atoms with Crippen LogP contribution in [0, 0.1) is 11.6 Å². The highest BCUT2D eigenvalue weighted by atomic mass is 19.1. The Morgan fingerprint density at radius 2 is 1.91 bits per heavy atom. The lowest BCUT2D eigenvalue weighted by Crippen LogP contribution is -2.16. The fraction of sp³-hybridized carbons (Fsp3) is 0.125. The molecule has 3 aromatic rings. The number of rotatable bonds is 3. The molecule has 23 heavy (non-hydrogen) atoms. The number of nitrogens with zero attached hydrogens (tertiary/aromatic N) is 1. The third-order valence-electron chi connectivity index (χ3n) is 3.45. The molecule has 0 radical (unpaired) electrons. The third kappa shape index (κ3) is 2.85. The molecule has 2 aromatic carbocycles. The molecule has 0 aliphatic heterocycles. The molecule has 1 aromatic heterocycles. The zero-order valence-corrected chi connectivity index (χ0v) is 12.1. The van der Waals surface area contributed by atoms with Gasteiger partial charge in [0.05, 0.1) is 11.9 Å². The van der Waals surface area contributed by atoms with E-state index in [-0.39, 0.29) is 6.42 Å². The summed E-state index contributed by atoms with van der Waals surface area (Å²) in [7, 11) is 1.55. The first-order valence-electron chi connectivity index (χ1n) is 6.78. The number of benzene rings is 2. The van der Waals surface area contributed by atoms with Crippen molar-refractivity contribution in [2.45, 2.75) is 6.42 Å². The van der Waals surface area contributed by atoms with E-state index in [1.807, 2.05) is 0 Å². The van der Waals surface area contributed by atoms with Crippen molar-refractivity contribution >= 4 is 22.7 Å². The van der Waals surface area contributed by atoms with Crippen LogP contribution >= 0.6 is 0 Å². The molecule has 0 bridgehead atoms. The highest BCUT2D eigenvalue weighted by Gasteiger charge is 2.13. The van der Waals surface area contributed by atoms with Crippen LogP contribution in [0.5, 0.6) is 0 Å². The second kappa shape index (κ2) is 5.68. The number of anilines is 1. The van der Waals surface area contributed by atoms with Crippen molar-refractivity contribution in [3.05, 3.63) is 64.1 Å². The van der Waals surface area contributed by atoms with Gasteiger partial charge in [0.15, 0.2) is 5.58 Å². The van der Waals surface area contributed by atoms with Gasteiger partial charge in [0.2, 0.25) is 5.91 Å². The van der Waals surface area contributed by atoms with E-state index in [2.05, 4.69) is 5.32 Å². The standard InChI is InChI=1S/C16H12F2N2O3/c1-20-12-7-9(5-6-13(12)23-16(20)22)8-14(21)19-15-10(17)3-2-4-11(15)18/h2-7H,8H2,1H3,(H,19,21). The Labute approximate surface area is 129 Å². The quantitative estimate of drug-likeness (QED) is 0.807. The molecule has 0 spiro atoms. The minimum atomic E-state index is -0.842.